The lowest BCUT2D eigenvalue weighted by Crippen LogP contribution is -2.42. The predicted molar refractivity (Wildman–Crippen MR) is 167 cm³/mol. The number of nitrogens with zero attached hydrogens (tertiary/aromatic N) is 2. The van der Waals surface area contributed by atoms with Crippen molar-refractivity contribution in [2.75, 3.05) is 24.6 Å². The van der Waals surface area contributed by atoms with Gasteiger partial charge in [-0.15, -0.1) is 0 Å². The quantitative estimate of drug-likeness (QED) is 0.287. The van der Waals surface area contributed by atoms with Crippen LogP contribution in [-0.4, -0.2) is 70.9 Å². The Bertz CT molecular complexity index is 1520. The third-order valence-electron chi connectivity index (χ3n) is 8.81. The van der Waals surface area contributed by atoms with Crippen molar-refractivity contribution in [2.24, 2.45) is 0 Å². The van der Waals surface area contributed by atoms with Crippen molar-refractivity contribution in [3.8, 4) is 0 Å². The molecule has 0 bridgehead atoms. The molecule has 1 unspecified atom stereocenters. The largest absolute Gasteiger partial charge is 0.445 e. The zero-order valence-electron chi connectivity index (χ0n) is 25.5. The molecule has 0 aromatic heterocycles. The number of nitrogens with one attached hydrogen (secondary N) is 1. The number of carbonyl (C=O) groups is 3. The topological polar surface area (TPSA) is 138 Å². The van der Waals surface area contributed by atoms with E-state index < -0.39 is 30.2 Å². The summed E-state index contributed by atoms with van der Waals surface area (Å²) in [6.07, 6.45) is 0.297. The SMILES string of the molecule is O=C(NC1CC(=O)N(c2cccc([C@@H]3O[C@H](CN4CCC[C@H]4CO)C[C@H](c4ccc(CO)cc4)O3)c2)C1=O)OCc1ccccc1. The fourth-order valence-corrected chi connectivity index (χ4v) is 6.37. The summed E-state index contributed by atoms with van der Waals surface area (Å²) in [5.74, 6) is -0.988. The number of aliphatic hydroxyl groups excluding tert-OH is 2. The second kappa shape index (κ2) is 14.5. The van der Waals surface area contributed by atoms with E-state index >= 15 is 0 Å². The van der Waals surface area contributed by atoms with Gasteiger partial charge in [-0.2, -0.15) is 0 Å². The number of carbonyl (C=O) groups excluding carboxylic acids is 3. The maximum Gasteiger partial charge on any atom is 0.408 e. The molecule has 3 aromatic rings. The van der Waals surface area contributed by atoms with Crippen LogP contribution in [0.15, 0.2) is 78.9 Å². The van der Waals surface area contributed by atoms with Gasteiger partial charge in [-0.25, -0.2) is 9.69 Å². The van der Waals surface area contributed by atoms with Gasteiger partial charge in [0.1, 0.15) is 12.6 Å². The molecule has 3 N–H and O–H groups in total. The first kappa shape index (κ1) is 31.8. The molecule has 3 amide bonds. The van der Waals surface area contributed by atoms with Gasteiger partial charge in [0.05, 0.1) is 37.5 Å². The summed E-state index contributed by atoms with van der Waals surface area (Å²) < 4.78 is 18.2. The smallest absolute Gasteiger partial charge is 0.408 e. The third kappa shape index (κ3) is 7.30. The molecule has 242 valence electrons. The Balaban J connectivity index is 1.17. The van der Waals surface area contributed by atoms with Gasteiger partial charge in [0.15, 0.2) is 6.29 Å². The van der Waals surface area contributed by atoms with E-state index in [9.17, 15) is 24.6 Å². The van der Waals surface area contributed by atoms with Gasteiger partial charge in [-0.1, -0.05) is 66.7 Å². The number of benzene rings is 3. The summed E-state index contributed by atoms with van der Waals surface area (Å²) >= 11 is 0. The standard InChI is InChI=1S/C35H39N3O8/c39-20-23-11-13-25(14-12-23)31-17-29(19-37-15-5-10-28(37)21-40)45-34(46-31)26-8-4-9-27(16-26)38-32(41)18-30(33(38)42)36-35(43)44-22-24-6-2-1-3-7-24/h1-4,6-9,11-14,16,28-31,34,39-40H,5,10,15,17-22H2,(H,36,43)/t28-,29-,30?,31+,34+/m0/s1. The van der Waals surface area contributed by atoms with Crippen molar-refractivity contribution >= 4 is 23.6 Å². The van der Waals surface area contributed by atoms with Gasteiger partial charge in [-0.3, -0.25) is 14.5 Å². The first-order chi connectivity index (χ1) is 22.4. The van der Waals surface area contributed by atoms with E-state index in [-0.39, 0.29) is 44.5 Å². The predicted octanol–water partition coefficient (Wildman–Crippen LogP) is 3.74. The van der Waals surface area contributed by atoms with E-state index in [0.29, 0.717) is 24.2 Å². The van der Waals surface area contributed by atoms with Crippen molar-refractivity contribution in [3.05, 3.63) is 101 Å². The second-order valence-corrected chi connectivity index (χ2v) is 11.9. The van der Waals surface area contributed by atoms with Crippen LogP contribution < -0.4 is 10.2 Å². The van der Waals surface area contributed by atoms with E-state index in [4.69, 9.17) is 14.2 Å². The highest BCUT2D eigenvalue weighted by Crippen LogP contribution is 2.39. The van der Waals surface area contributed by atoms with Gasteiger partial charge in [0.25, 0.3) is 5.91 Å². The van der Waals surface area contributed by atoms with Crippen LogP contribution in [0.4, 0.5) is 10.5 Å². The van der Waals surface area contributed by atoms with E-state index in [1.54, 1.807) is 18.2 Å². The molecular formula is C35H39N3O8. The zero-order valence-corrected chi connectivity index (χ0v) is 25.5. The number of anilines is 1. The molecule has 5 atom stereocenters. The van der Waals surface area contributed by atoms with Crippen LogP contribution in [0.1, 0.15) is 60.3 Å². The molecule has 3 aromatic carbocycles. The van der Waals surface area contributed by atoms with Crippen molar-refractivity contribution in [1.82, 2.24) is 10.2 Å². The first-order valence-corrected chi connectivity index (χ1v) is 15.7. The Hall–Kier alpha value is -4.13. The zero-order chi connectivity index (χ0) is 32.0. The highest BCUT2D eigenvalue weighted by atomic mass is 16.7. The molecule has 3 fully saturated rings. The average molecular weight is 630 g/mol. The minimum Gasteiger partial charge on any atom is -0.445 e. The van der Waals surface area contributed by atoms with Crippen molar-refractivity contribution in [3.63, 3.8) is 0 Å². The van der Waals surface area contributed by atoms with Crippen LogP contribution in [0.25, 0.3) is 0 Å². The summed E-state index contributed by atoms with van der Waals surface area (Å²) in [6, 6.07) is 22.8. The molecule has 46 heavy (non-hydrogen) atoms. The molecule has 3 aliphatic heterocycles. The fourth-order valence-electron chi connectivity index (χ4n) is 6.37. The molecule has 6 rings (SSSR count). The molecule has 3 heterocycles. The van der Waals surface area contributed by atoms with E-state index in [2.05, 4.69) is 10.2 Å². The van der Waals surface area contributed by atoms with Gasteiger partial charge in [0, 0.05) is 24.6 Å². The minimum absolute atomic E-state index is 0.0423. The van der Waals surface area contributed by atoms with Gasteiger partial charge >= 0.3 is 6.09 Å². The number of hydrogen-bond acceptors (Lipinski definition) is 9. The number of likely N-dealkylation sites (tertiary alicyclic amines) is 1. The molecular weight excluding hydrogens is 590 g/mol. The highest BCUT2D eigenvalue weighted by Gasteiger charge is 2.41. The number of hydrogen-bond donors (Lipinski definition) is 3. The molecule has 11 nitrogen and oxygen atoms in total. The monoisotopic (exact) mass is 629 g/mol. The maximum absolute atomic E-state index is 13.3. The van der Waals surface area contributed by atoms with Crippen molar-refractivity contribution in [1.29, 1.82) is 0 Å². The lowest BCUT2D eigenvalue weighted by molar-refractivity contribution is -0.253. The fraction of sp³-hybridized carbons (Fsp3) is 0.400. The molecule has 0 spiro atoms. The average Bonchev–Trinajstić information content (AvgIpc) is 3.65. The first-order valence-electron chi connectivity index (χ1n) is 15.7. The Labute approximate surface area is 267 Å². The van der Waals surface area contributed by atoms with Gasteiger partial charge in [-0.05, 0) is 48.2 Å². The molecule has 3 aliphatic rings. The summed E-state index contributed by atoms with van der Waals surface area (Å²) in [6.45, 7) is 1.60. The lowest BCUT2D eigenvalue weighted by atomic mass is 9.99. The van der Waals surface area contributed by atoms with Crippen LogP contribution in [0, 0.1) is 0 Å². The molecule has 11 heteroatoms. The number of imide groups is 1. The second-order valence-electron chi connectivity index (χ2n) is 11.9. The van der Waals surface area contributed by atoms with Crippen LogP contribution in [-0.2, 0) is 37.0 Å². The van der Waals surface area contributed by atoms with E-state index in [1.807, 2.05) is 60.7 Å². The van der Waals surface area contributed by atoms with Crippen LogP contribution in [0.3, 0.4) is 0 Å². The Morgan fingerprint density at radius 1 is 0.935 bits per heavy atom. The molecule has 0 aliphatic carbocycles. The summed E-state index contributed by atoms with van der Waals surface area (Å²) in [4.78, 5) is 42.1. The number of alkyl carbamates (subject to hydrolysis) is 1. The van der Waals surface area contributed by atoms with Gasteiger partial charge in [0.2, 0.25) is 5.91 Å². The van der Waals surface area contributed by atoms with E-state index in [0.717, 1.165) is 41.0 Å². The number of rotatable bonds is 10. The maximum atomic E-state index is 13.3. The Morgan fingerprint density at radius 2 is 1.74 bits per heavy atom. The normalized spacial score (nSPS) is 25.2. The van der Waals surface area contributed by atoms with Crippen molar-refractivity contribution in [2.45, 2.75) is 69.5 Å². The number of aliphatic hydroxyl groups is 2. The summed E-state index contributed by atoms with van der Waals surface area (Å²) in [5.41, 5.74) is 3.55. The van der Waals surface area contributed by atoms with Crippen LogP contribution in [0.2, 0.25) is 0 Å². The number of ether oxygens (including phenoxy) is 3. The molecule has 0 saturated carbocycles. The Kier molecular flexibility index (Phi) is 10.1. The van der Waals surface area contributed by atoms with Crippen LogP contribution in [0.5, 0.6) is 0 Å². The summed E-state index contributed by atoms with van der Waals surface area (Å²) in [7, 11) is 0. The Morgan fingerprint density at radius 3 is 2.50 bits per heavy atom. The third-order valence-corrected chi connectivity index (χ3v) is 8.81. The van der Waals surface area contributed by atoms with Crippen LogP contribution >= 0.6 is 0 Å². The highest BCUT2D eigenvalue weighted by molar-refractivity contribution is 6.22. The van der Waals surface area contributed by atoms with Crippen molar-refractivity contribution < 1.29 is 38.8 Å². The molecule has 0 radical (unpaired) electrons. The molecule has 3 saturated heterocycles. The number of amides is 3. The van der Waals surface area contributed by atoms with Gasteiger partial charge < -0.3 is 29.7 Å². The lowest BCUT2D eigenvalue weighted by Gasteiger charge is -2.38. The minimum atomic E-state index is -1.04. The van der Waals surface area contributed by atoms with E-state index in [1.165, 1.54) is 0 Å². The summed E-state index contributed by atoms with van der Waals surface area (Å²) in [5, 5.41) is 21.9.